The lowest BCUT2D eigenvalue weighted by Crippen LogP contribution is -2.30. The van der Waals surface area contributed by atoms with Crippen LogP contribution in [0.4, 0.5) is 13.6 Å². The SMILES string of the molecule is O=C(NCCC(O)C(O)c1cc(O)c(F)c(F)c1)OCC1c2ccccc2-c2ccccc21. The molecule has 33 heavy (non-hydrogen) atoms. The minimum absolute atomic E-state index is 0.0233. The van der Waals surface area contributed by atoms with Gasteiger partial charge in [-0.25, -0.2) is 9.18 Å². The maximum Gasteiger partial charge on any atom is 0.407 e. The van der Waals surface area contributed by atoms with E-state index < -0.39 is 35.7 Å². The number of alkyl carbamates (subject to hydrolysis) is 1. The van der Waals surface area contributed by atoms with Gasteiger partial charge in [0.05, 0.1) is 6.10 Å². The first-order valence-corrected chi connectivity index (χ1v) is 10.5. The second-order valence-corrected chi connectivity index (χ2v) is 7.89. The van der Waals surface area contributed by atoms with Gasteiger partial charge in [0.1, 0.15) is 12.7 Å². The molecule has 2 atom stereocenters. The van der Waals surface area contributed by atoms with E-state index in [2.05, 4.69) is 5.32 Å². The molecule has 3 aromatic carbocycles. The number of aromatic hydroxyl groups is 1. The Morgan fingerprint density at radius 2 is 1.61 bits per heavy atom. The number of nitrogens with one attached hydrogen (secondary N) is 1. The van der Waals surface area contributed by atoms with E-state index in [9.17, 15) is 28.9 Å². The second kappa shape index (κ2) is 9.56. The van der Waals surface area contributed by atoms with E-state index in [-0.39, 0.29) is 31.1 Å². The number of hydrogen-bond donors (Lipinski definition) is 4. The summed E-state index contributed by atoms with van der Waals surface area (Å²) >= 11 is 0. The Morgan fingerprint density at radius 1 is 1.00 bits per heavy atom. The maximum atomic E-state index is 13.4. The highest BCUT2D eigenvalue weighted by Crippen LogP contribution is 2.44. The lowest BCUT2D eigenvalue weighted by molar-refractivity contribution is 0.0133. The summed E-state index contributed by atoms with van der Waals surface area (Å²) in [5, 5.41) is 32.1. The number of rotatable bonds is 7. The monoisotopic (exact) mass is 455 g/mol. The van der Waals surface area contributed by atoms with Gasteiger partial charge < -0.3 is 25.4 Å². The molecule has 0 bridgehead atoms. The fourth-order valence-corrected chi connectivity index (χ4v) is 4.12. The first-order chi connectivity index (χ1) is 15.9. The summed E-state index contributed by atoms with van der Waals surface area (Å²) in [6.07, 6.45) is -3.71. The summed E-state index contributed by atoms with van der Waals surface area (Å²) in [4.78, 5) is 12.2. The molecule has 1 aliphatic carbocycles. The number of amides is 1. The van der Waals surface area contributed by atoms with Gasteiger partial charge >= 0.3 is 6.09 Å². The molecule has 0 heterocycles. The molecule has 0 fully saturated rings. The first kappa shape index (κ1) is 22.7. The van der Waals surface area contributed by atoms with Gasteiger partial charge in [-0.2, -0.15) is 4.39 Å². The van der Waals surface area contributed by atoms with Crippen molar-refractivity contribution in [2.75, 3.05) is 13.2 Å². The molecular weight excluding hydrogens is 432 g/mol. The maximum absolute atomic E-state index is 13.4. The van der Waals surface area contributed by atoms with E-state index in [0.717, 1.165) is 28.3 Å². The molecule has 172 valence electrons. The third-order valence-electron chi connectivity index (χ3n) is 5.79. The highest BCUT2D eigenvalue weighted by Gasteiger charge is 2.29. The molecular formula is C25H23F2NO5. The first-order valence-electron chi connectivity index (χ1n) is 10.5. The van der Waals surface area contributed by atoms with Crippen molar-refractivity contribution < 1.29 is 33.6 Å². The largest absolute Gasteiger partial charge is 0.505 e. The normalized spacial score (nSPS) is 14.3. The van der Waals surface area contributed by atoms with Gasteiger partial charge in [-0.3, -0.25) is 0 Å². The van der Waals surface area contributed by atoms with Crippen LogP contribution < -0.4 is 5.32 Å². The average Bonchev–Trinajstić information content (AvgIpc) is 3.14. The lowest BCUT2D eigenvalue weighted by Gasteiger charge is -2.19. The summed E-state index contributed by atoms with van der Waals surface area (Å²) in [6.45, 7) is 0.115. The van der Waals surface area contributed by atoms with E-state index in [1.54, 1.807) is 0 Å². The van der Waals surface area contributed by atoms with Gasteiger partial charge in [-0.05, 0) is 46.4 Å². The molecule has 0 saturated heterocycles. The van der Waals surface area contributed by atoms with Crippen LogP contribution in [-0.2, 0) is 4.74 Å². The molecule has 8 heteroatoms. The van der Waals surface area contributed by atoms with Crippen molar-refractivity contribution in [3.63, 3.8) is 0 Å². The molecule has 0 radical (unpaired) electrons. The van der Waals surface area contributed by atoms with Gasteiger partial charge in [0.2, 0.25) is 0 Å². The number of halogens is 2. The topological polar surface area (TPSA) is 99.0 Å². The number of ether oxygens (including phenoxy) is 1. The number of fused-ring (bicyclic) bond motifs is 3. The molecule has 0 saturated carbocycles. The quantitative estimate of drug-likeness (QED) is 0.432. The smallest absolute Gasteiger partial charge is 0.407 e. The van der Waals surface area contributed by atoms with Crippen LogP contribution in [0, 0.1) is 11.6 Å². The fraction of sp³-hybridized carbons (Fsp3) is 0.240. The number of phenols is 1. The molecule has 4 rings (SSSR count). The predicted molar refractivity (Wildman–Crippen MR) is 117 cm³/mol. The third-order valence-corrected chi connectivity index (χ3v) is 5.79. The number of benzene rings is 3. The highest BCUT2D eigenvalue weighted by molar-refractivity contribution is 5.79. The molecule has 1 amide bonds. The van der Waals surface area contributed by atoms with Gasteiger partial charge in [0, 0.05) is 12.5 Å². The predicted octanol–water partition coefficient (Wildman–Crippen LogP) is 3.99. The van der Waals surface area contributed by atoms with Crippen LogP contribution in [0.25, 0.3) is 11.1 Å². The van der Waals surface area contributed by atoms with E-state index in [4.69, 9.17) is 4.74 Å². The molecule has 0 aliphatic heterocycles. The molecule has 6 nitrogen and oxygen atoms in total. The number of carbonyl (C=O) groups excluding carboxylic acids is 1. The number of phenolic OH excluding ortho intramolecular Hbond substituents is 1. The van der Waals surface area contributed by atoms with E-state index in [1.165, 1.54) is 0 Å². The summed E-state index contributed by atoms with van der Waals surface area (Å²) in [5.74, 6) is -3.82. The number of hydrogen-bond acceptors (Lipinski definition) is 5. The van der Waals surface area contributed by atoms with Crippen molar-refractivity contribution in [3.05, 3.63) is 89.0 Å². The van der Waals surface area contributed by atoms with Crippen molar-refractivity contribution in [2.45, 2.75) is 24.5 Å². The second-order valence-electron chi connectivity index (χ2n) is 7.89. The molecule has 4 N–H and O–H groups in total. The van der Waals surface area contributed by atoms with Crippen LogP contribution in [0.5, 0.6) is 5.75 Å². The van der Waals surface area contributed by atoms with Crippen molar-refractivity contribution >= 4 is 6.09 Å². The molecule has 1 aliphatic rings. The Hall–Kier alpha value is -3.49. The minimum atomic E-state index is -1.57. The molecule has 0 spiro atoms. The Kier molecular flexibility index (Phi) is 6.57. The van der Waals surface area contributed by atoms with Gasteiger partial charge in [0.15, 0.2) is 17.4 Å². The lowest BCUT2D eigenvalue weighted by atomic mass is 9.98. The standard InChI is InChI=1S/C25H23F2NO5/c26-20-11-14(12-22(30)23(20)27)24(31)21(29)9-10-28-25(32)33-13-19-17-7-3-1-5-15(17)16-6-2-4-8-18(16)19/h1-8,11-12,19,21,24,29-31H,9-10,13H2,(H,28,32). The van der Waals surface area contributed by atoms with Crippen LogP contribution in [0.2, 0.25) is 0 Å². The Morgan fingerprint density at radius 3 is 2.21 bits per heavy atom. The van der Waals surface area contributed by atoms with Crippen LogP contribution >= 0.6 is 0 Å². The van der Waals surface area contributed by atoms with Crippen LogP contribution in [-0.4, -0.2) is 40.7 Å². The van der Waals surface area contributed by atoms with E-state index >= 15 is 0 Å². The summed E-state index contributed by atoms with van der Waals surface area (Å²) in [6, 6.07) is 17.4. The van der Waals surface area contributed by atoms with E-state index in [1.807, 2.05) is 48.5 Å². The molecule has 2 unspecified atom stereocenters. The zero-order chi connectivity index (χ0) is 23.5. The van der Waals surface area contributed by atoms with Crippen LogP contribution in [0.3, 0.4) is 0 Å². The summed E-state index contributed by atoms with van der Waals surface area (Å²) in [7, 11) is 0. The van der Waals surface area contributed by atoms with Crippen molar-refractivity contribution in [1.29, 1.82) is 0 Å². The third kappa shape index (κ3) is 4.67. The zero-order valence-corrected chi connectivity index (χ0v) is 17.5. The highest BCUT2D eigenvalue weighted by atomic mass is 19.2. The van der Waals surface area contributed by atoms with Crippen LogP contribution in [0.1, 0.15) is 35.1 Å². The Labute approximate surface area is 189 Å². The number of aliphatic hydroxyl groups is 2. The van der Waals surface area contributed by atoms with Gasteiger partial charge in [-0.15, -0.1) is 0 Å². The van der Waals surface area contributed by atoms with Crippen molar-refractivity contribution in [2.24, 2.45) is 0 Å². The number of aliphatic hydroxyl groups excluding tert-OH is 2. The Balaban J connectivity index is 1.29. The summed E-state index contributed by atoms with van der Waals surface area (Å²) in [5.41, 5.74) is 4.21. The zero-order valence-electron chi connectivity index (χ0n) is 17.5. The number of carbonyl (C=O) groups is 1. The summed E-state index contributed by atoms with van der Waals surface area (Å²) < 4.78 is 32.0. The average molecular weight is 455 g/mol. The van der Waals surface area contributed by atoms with Crippen molar-refractivity contribution in [1.82, 2.24) is 5.32 Å². The van der Waals surface area contributed by atoms with Gasteiger partial charge in [0.25, 0.3) is 0 Å². The molecule has 0 aromatic heterocycles. The molecule has 3 aromatic rings. The van der Waals surface area contributed by atoms with E-state index in [0.29, 0.717) is 6.07 Å². The van der Waals surface area contributed by atoms with Gasteiger partial charge in [-0.1, -0.05) is 48.5 Å². The fourth-order valence-electron chi connectivity index (χ4n) is 4.12. The van der Waals surface area contributed by atoms with Crippen molar-refractivity contribution in [3.8, 4) is 16.9 Å². The van der Waals surface area contributed by atoms with Crippen LogP contribution in [0.15, 0.2) is 60.7 Å². The Bertz CT molecular complexity index is 1100. The minimum Gasteiger partial charge on any atom is -0.505 e.